The van der Waals surface area contributed by atoms with Gasteiger partial charge in [0.1, 0.15) is 10.8 Å². The van der Waals surface area contributed by atoms with Crippen LogP contribution in [0.15, 0.2) is 18.2 Å². The molecular weight excluding hydrogens is 246 g/mol. The number of nitro groups is 1. The maximum Gasteiger partial charge on any atom is 0.288 e. The maximum absolute atomic E-state index is 10.5. The quantitative estimate of drug-likeness (QED) is 0.429. The Kier molecular flexibility index (Phi) is 5.72. The van der Waals surface area contributed by atoms with Crippen molar-refractivity contribution in [2.45, 2.75) is 12.8 Å². The second kappa shape index (κ2) is 7.09. The highest BCUT2D eigenvalue weighted by Gasteiger charge is 2.12. The number of benzene rings is 1. The van der Waals surface area contributed by atoms with Crippen LogP contribution < -0.4 is 4.74 Å². The zero-order valence-corrected chi connectivity index (χ0v) is 10.3. The molecule has 0 fully saturated rings. The molecule has 1 aromatic carbocycles. The van der Waals surface area contributed by atoms with E-state index in [1.165, 1.54) is 12.1 Å². The lowest BCUT2D eigenvalue weighted by Gasteiger charge is -2.06. The number of unbranched alkanes of at least 4 members (excludes halogenated alkanes) is 1. The summed E-state index contributed by atoms with van der Waals surface area (Å²) >= 11 is 5.75. The minimum Gasteiger partial charge on any atom is -0.494 e. The van der Waals surface area contributed by atoms with Gasteiger partial charge in [-0.15, -0.1) is 0 Å². The molecule has 0 spiro atoms. The van der Waals surface area contributed by atoms with Crippen molar-refractivity contribution in [2.75, 3.05) is 20.3 Å². The van der Waals surface area contributed by atoms with Crippen LogP contribution in [0.2, 0.25) is 5.02 Å². The summed E-state index contributed by atoms with van der Waals surface area (Å²) < 4.78 is 10.3. The normalized spacial score (nSPS) is 10.2. The fourth-order valence-corrected chi connectivity index (χ4v) is 1.50. The van der Waals surface area contributed by atoms with Crippen LogP contribution in [0.25, 0.3) is 0 Å². The van der Waals surface area contributed by atoms with E-state index in [-0.39, 0.29) is 10.7 Å². The third-order valence-corrected chi connectivity index (χ3v) is 2.43. The molecule has 0 heterocycles. The van der Waals surface area contributed by atoms with Crippen LogP contribution in [0.3, 0.4) is 0 Å². The molecule has 0 atom stereocenters. The molecule has 0 saturated carbocycles. The fraction of sp³-hybridized carbons (Fsp3) is 0.455. The van der Waals surface area contributed by atoms with E-state index in [0.29, 0.717) is 19.0 Å². The standard InChI is InChI=1S/C11H14ClNO4/c1-16-6-2-3-7-17-9-4-5-11(13(14)15)10(12)8-9/h4-5,8H,2-3,6-7H2,1H3. The summed E-state index contributed by atoms with van der Waals surface area (Å²) in [4.78, 5) is 10.0. The average molecular weight is 260 g/mol. The molecule has 0 unspecified atom stereocenters. The molecule has 0 aliphatic carbocycles. The van der Waals surface area contributed by atoms with E-state index in [1.807, 2.05) is 0 Å². The zero-order valence-electron chi connectivity index (χ0n) is 9.52. The Morgan fingerprint density at radius 2 is 2.06 bits per heavy atom. The number of halogens is 1. The Balaban J connectivity index is 2.45. The van der Waals surface area contributed by atoms with E-state index >= 15 is 0 Å². The minimum absolute atomic E-state index is 0.0874. The van der Waals surface area contributed by atoms with Crippen molar-refractivity contribution >= 4 is 17.3 Å². The molecule has 0 bridgehead atoms. The molecule has 6 heteroatoms. The van der Waals surface area contributed by atoms with Gasteiger partial charge in [-0.05, 0) is 18.9 Å². The average Bonchev–Trinajstić information content (AvgIpc) is 2.28. The molecule has 17 heavy (non-hydrogen) atoms. The van der Waals surface area contributed by atoms with Crippen LogP contribution in [0, 0.1) is 10.1 Å². The molecule has 0 aliphatic heterocycles. The third-order valence-electron chi connectivity index (χ3n) is 2.13. The van der Waals surface area contributed by atoms with Crippen LogP contribution >= 0.6 is 11.6 Å². The van der Waals surface area contributed by atoms with Gasteiger partial charge in [0.2, 0.25) is 0 Å². The Morgan fingerprint density at radius 3 is 2.65 bits per heavy atom. The van der Waals surface area contributed by atoms with Crippen LogP contribution in [0.5, 0.6) is 5.75 Å². The lowest BCUT2D eigenvalue weighted by atomic mass is 10.3. The van der Waals surface area contributed by atoms with E-state index in [0.717, 1.165) is 12.8 Å². The molecule has 0 saturated heterocycles. The smallest absolute Gasteiger partial charge is 0.288 e. The van der Waals surface area contributed by atoms with Crippen molar-refractivity contribution in [1.29, 1.82) is 0 Å². The predicted molar refractivity (Wildman–Crippen MR) is 64.7 cm³/mol. The molecule has 0 radical (unpaired) electrons. The second-order valence-electron chi connectivity index (χ2n) is 3.42. The molecular formula is C11H14ClNO4. The summed E-state index contributed by atoms with van der Waals surface area (Å²) in [5.74, 6) is 0.540. The first-order valence-electron chi connectivity index (χ1n) is 5.21. The predicted octanol–water partition coefficient (Wildman–Crippen LogP) is 3.05. The van der Waals surface area contributed by atoms with E-state index in [2.05, 4.69) is 0 Å². The lowest BCUT2D eigenvalue weighted by molar-refractivity contribution is -0.384. The highest BCUT2D eigenvalue weighted by Crippen LogP contribution is 2.28. The second-order valence-corrected chi connectivity index (χ2v) is 3.83. The van der Waals surface area contributed by atoms with Gasteiger partial charge in [0.05, 0.1) is 11.5 Å². The van der Waals surface area contributed by atoms with Crippen LogP contribution in [-0.4, -0.2) is 25.2 Å². The monoisotopic (exact) mass is 259 g/mol. The summed E-state index contributed by atoms with van der Waals surface area (Å²) in [6.45, 7) is 1.24. The van der Waals surface area contributed by atoms with Crippen molar-refractivity contribution in [1.82, 2.24) is 0 Å². The van der Waals surface area contributed by atoms with Gasteiger partial charge in [0, 0.05) is 25.8 Å². The van der Waals surface area contributed by atoms with Gasteiger partial charge in [-0.3, -0.25) is 10.1 Å². The molecule has 0 amide bonds. The molecule has 94 valence electrons. The van der Waals surface area contributed by atoms with Gasteiger partial charge in [-0.25, -0.2) is 0 Å². The highest BCUT2D eigenvalue weighted by atomic mass is 35.5. The first kappa shape index (κ1) is 13.7. The Labute approximate surface area is 104 Å². The summed E-state index contributed by atoms with van der Waals surface area (Å²) in [6.07, 6.45) is 1.78. The van der Waals surface area contributed by atoms with Gasteiger partial charge in [-0.2, -0.15) is 0 Å². The lowest BCUT2D eigenvalue weighted by Crippen LogP contribution is -2.00. The van der Waals surface area contributed by atoms with E-state index < -0.39 is 4.92 Å². The number of hydrogen-bond acceptors (Lipinski definition) is 4. The van der Waals surface area contributed by atoms with Crippen LogP contribution in [0.4, 0.5) is 5.69 Å². The molecule has 0 aliphatic rings. The van der Waals surface area contributed by atoms with Gasteiger partial charge in [0.15, 0.2) is 0 Å². The number of hydrogen-bond donors (Lipinski definition) is 0. The Morgan fingerprint density at radius 1 is 1.35 bits per heavy atom. The van der Waals surface area contributed by atoms with Crippen molar-refractivity contribution in [3.63, 3.8) is 0 Å². The number of nitrogens with zero attached hydrogens (tertiary/aromatic N) is 1. The molecule has 1 rings (SSSR count). The van der Waals surface area contributed by atoms with Crippen molar-refractivity contribution in [3.8, 4) is 5.75 Å². The summed E-state index contributed by atoms with van der Waals surface area (Å²) in [5.41, 5.74) is -0.113. The topological polar surface area (TPSA) is 61.6 Å². The first-order chi connectivity index (χ1) is 8.15. The number of rotatable bonds is 7. The summed E-state index contributed by atoms with van der Waals surface area (Å²) in [6, 6.07) is 4.34. The van der Waals surface area contributed by atoms with Crippen molar-refractivity contribution < 1.29 is 14.4 Å². The number of methoxy groups -OCH3 is 1. The number of nitro benzene ring substituents is 1. The largest absolute Gasteiger partial charge is 0.494 e. The Bertz CT molecular complexity index is 384. The maximum atomic E-state index is 10.5. The third kappa shape index (κ3) is 4.58. The first-order valence-corrected chi connectivity index (χ1v) is 5.58. The Hall–Kier alpha value is -1.33. The summed E-state index contributed by atoms with van der Waals surface area (Å²) in [7, 11) is 1.65. The molecule has 0 aromatic heterocycles. The summed E-state index contributed by atoms with van der Waals surface area (Å²) in [5, 5.41) is 10.6. The van der Waals surface area contributed by atoms with Gasteiger partial charge < -0.3 is 9.47 Å². The van der Waals surface area contributed by atoms with Crippen molar-refractivity contribution in [2.24, 2.45) is 0 Å². The molecule has 0 N–H and O–H groups in total. The molecule has 1 aromatic rings. The molecule has 5 nitrogen and oxygen atoms in total. The SMILES string of the molecule is COCCCCOc1ccc([N+](=O)[O-])c(Cl)c1. The van der Waals surface area contributed by atoms with Gasteiger partial charge in [0.25, 0.3) is 5.69 Å². The number of ether oxygens (including phenoxy) is 2. The highest BCUT2D eigenvalue weighted by molar-refractivity contribution is 6.32. The van der Waals surface area contributed by atoms with Gasteiger partial charge >= 0.3 is 0 Å². The van der Waals surface area contributed by atoms with E-state index in [1.54, 1.807) is 13.2 Å². The zero-order chi connectivity index (χ0) is 12.7. The van der Waals surface area contributed by atoms with E-state index in [9.17, 15) is 10.1 Å². The van der Waals surface area contributed by atoms with Crippen LogP contribution in [-0.2, 0) is 4.74 Å². The fourth-order valence-electron chi connectivity index (χ4n) is 1.26. The minimum atomic E-state index is -0.523. The van der Waals surface area contributed by atoms with Crippen molar-refractivity contribution in [3.05, 3.63) is 33.3 Å². The van der Waals surface area contributed by atoms with E-state index in [4.69, 9.17) is 21.1 Å². The van der Waals surface area contributed by atoms with Crippen LogP contribution in [0.1, 0.15) is 12.8 Å². The van der Waals surface area contributed by atoms with Gasteiger partial charge in [-0.1, -0.05) is 11.6 Å².